The Bertz CT molecular complexity index is 1140. The summed E-state index contributed by atoms with van der Waals surface area (Å²) in [7, 11) is -6.61. The first kappa shape index (κ1) is 21.8. The van der Waals surface area contributed by atoms with Crippen LogP contribution in [0.5, 0.6) is 0 Å². The molecule has 2 aliphatic heterocycles. The number of benzene rings is 2. The van der Waals surface area contributed by atoms with Crippen LogP contribution >= 0.6 is 0 Å². The molecule has 2 fully saturated rings. The van der Waals surface area contributed by atoms with E-state index >= 15 is 0 Å². The van der Waals surface area contributed by atoms with Crippen molar-refractivity contribution in [2.45, 2.75) is 17.4 Å². The maximum atomic E-state index is 12.8. The van der Waals surface area contributed by atoms with Crippen LogP contribution in [0.3, 0.4) is 0 Å². The number of rotatable bonds is 5. The number of hydrogen-bond acceptors (Lipinski definition) is 6. The molecular formula is C21H25N3O5S2. The summed E-state index contributed by atoms with van der Waals surface area (Å²) in [5.41, 5.74) is 0.868. The summed E-state index contributed by atoms with van der Waals surface area (Å²) >= 11 is 0. The lowest BCUT2D eigenvalue weighted by atomic mass is 10.1. The molecule has 2 heterocycles. The molecule has 2 aliphatic rings. The van der Waals surface area contributed by atoms with Gasteiger partial charge in [0.2, 0.25) is 0 Å². The summed E-state index contributed by atoms with van der Waals surface area (Å²) in [6, 6.07) is 14.5. The fourth-order valence-electron chi connectivity index (χ4n) is 4.03. The molecule has 2 saturated heterocycles. The molecule has 0 radical (unpaired) electrons. The van der Waals surface area contributed by atoms with Crippen molar-refractivity contribution < 1.29 is 21.6 Å². The molecule has 1 N–H and O–H groups in total. The number of anilines is 1. The molecule has 0 unspecified atom stereocenters. The van der Waals surface area contributed by atoms with Gasteiger partial charge in [-0.1, -0.05) is 18.2 Å². The third-order valence-electron chi connectivity index (χ3n) is 5.76. The number of amides is 1. The molecule has 2 aromatic carbocycles. The molecule has 0 spiro atoms. The Morgan fingerprint density at radius 1 is 0.935 bits per heavy atom. The first-order valence-electron chi connectivity index (χ1n) is 10.2. The van der Waals surface area contributed by atoms with Gasteiger partial charge in [0.05, 0.1) is 16.4 Å². The molecule has 8 nitrogen and oxygen atoms in total. The predicted molar refractivity (Wildman–Crippen MR) is 118 cm³/mol. The number of piperazine rings is 1. The molecule has 1 amide bonds. The van der Waals surface area contributed by atoms with Crippen LogP contribution in [-0.4, -0.2) is 76.3 Å². The van der Waals surface area contributed by atoms with Crippen molar-refractivity contribution in [2.75, 3.05) is 42.4 Å². The highest BCUT2D eigenvalue weighted by molar-refractivity contribution is 7.92. The zero-order valence-corrected chi connectivity index (χ0v) is 18.6. The average molecular weight is 464 g/mol. The highest BCUT2D eigenvalue weighted by Gasteiger charge is 2.34. The van der Waals surface area contributed by atoms with Crippen LogP contribution in [0.1, 0.15) is 16.8 Å². The standard InChI is InChI=1S/C21H25N3O5S2/c25-21(24-13-11-23(12-14-24)19-10-15-30(26,27)16-19)17-6-8-18(9-7-17)22-31(28,29)20-4-2-1-3-5-20/h1-9,19,22H,10-16H2/t19-/m1/s1. The van der Waals surface area contributed by atoms with Gasteiger partial charge in [-0.2, -0.15) is 0 Å². The van der Waals surface area contributed by atoms with Crippen LogP contribution in [0.25, 0.3) is 0 Å². The van der Waals surface area contributed by atoms with Crippen molar-refractivity contribution in [3.8, 4) is 0 Å². The van der Waals surface area contributed by atoms with Crippen molar-refractivity contribution in [1.29, 1.82) is 0 Å². The molecule has 4 rings (SSSR count). The van der Waals surface area contributed by atoms with Gasteiger partial charge in [0.25, 0.3) is 15.9 Å². The molecule has 0 aromatic heterocycles. The van der Waals surface area contributed by atoms with E-state index in [1.807, 2.05) is 0 Å². The monoisotopic (exact) mass is 463 g/mol. The van der Waals surface area contributed by atoms with E-state index in [4.69, 9.17) is 0 Å². The van der Waals surface area contributed by atoms with E-state index in [2.05, 4.69) is 9.62 Å². The van der Waals surface area contributed by atoms with E-state index in [1.165, 1.54) is 12.1 Å². The van der Waals surface area contributed by atoms with E-state index in [0.29, 0.717) is 43.9 Å². The second kappa shape index (κ2) is 8.60. The van der Waals surface area contributed by atoms with E-state index in [-0.39, 0.29) is 28.4 Å². The molecule has 0 saturated carbocycles. The molecule has 1 atom stereocenters. The molecule has 0 aliphatic carbocycles. The molecule has 31 heavy (non-hydrogen) atoms. The van der Waals surface area contributed by atoms with Gasteiger partial charge in [0.15, 0.2) is 9.84 Å². The normalized spacial score (nSPS) is 21.7. The van der Waals surface area contributed by atoms with Gasteiger partial charge in [-0.15, -0.1) is 0 Å². The van der Waals surface area contributed by atoms with Crippen molar-refractivity contribution in [3.05, 3.63) is 60.2 Å². The first-order valence-corrected chi connectivity index (χ1v) is 13.5. The van der Waals surface area contributed by atoms with Crippen molar-refractivity contribution in [3.63, 3.8) is 0 Å². The maximum absolute atomic E-state index is 12.8. The Morgan fingerprint density at radius 2 is 1.58 bits per heavy atom. The summed E-state index contributed by atoms with van der Waals surface area (Å²) in [5, 5.41) is 0. The zero-order valence-electron chi connectivity index (χ0n) is 17.0. The van der Waals surface area contributed by atoms with Gasteiger partial charge < -0.3 is 4.90 Å². The Morgan fingerprint density at radius 3 is 2.16 bits per heavy atom. The summed E-state index contributed by atoms with van der Waals surface area (Å²) in [6.07, 6.45) is 0.663. The van der Waals surface area contributed by atoms with Gasteiger partial charge in [0.1, 0.15) is 0 Å². The second-order valence-corrected chi connectivity index (χ2v) is 11.8. The largest absolute Gasteiger partial charge is 0.336 e. The number of nitrogens with zero attached hydrogens (tertiary/aromatic N) is 2. The van der Waals surface area contributed by atoms with Crippen LogP contribution < -0.4 is 4.72 Å². The van der Waals surface area contributed by atoms with Crippen LogP contribution in [0, 0.1) is 0 Å². The minimum Gasteiger partial charge on any atom is -0.336 e. The van der Waals surface area contributed by atoms with Gasteiger partial charge in [-0.25, -0.2) is 16.8 Å². The van der Waals surface area contributed by atoms with Gasteiger partial charge in [-0.3, -0.25) is 14.4 Å². The minimum absolute atomic E-state index is 0.0548. The summed E-state index contributed by atoms with van der Waals surface area (Å²) < 4.78 is 50.8. The van der Waals surface area contributed by atoms with Crippen LogP contribution in [0.4, 0.5) is 5.69 Å². The lowest BCUT2D eigenvalue weighted by Gasteiger charge is -2.37. The number of sulfone groups is 1. The first-order chi connectivity index (χ1) is 14.7. The number of carbonyl (C=O) groups excluding carboxylic acids is 1. The van der Waals surface area contributed by atoms with Crippen molar-refractivity contribution >= 4 is 31.5 Å². The predicted octanol–water partition coefficient (Wildman–Crippen LogP) is 1.43. The molecule has 0 bridgehead atoms. The molecule has 166 valence electrons. The molecular weight excluding hydrogens is 438 g/mol. The topological polar surface area (TPSA) is 104 Å². The van der Waals surface area contributed by atoms with Crippen LogP contribution in [0.2, 0.25) is 0 Å². The third kappa shape index (κ3) is 5.08. The Kier molecular flexibility index (Phi) is 6.05. The second-order valence-electron chi connectivity index (χ2n) is 7.88. The van der Waals surface area contributed by atoms with Crippen LogP contribution in [-0.2, 0) is 19.9 Å². The van der Waals surface area contributed by atoms with Crippen molar-refractivity contribution in [2.24, 2.45) is 0 Å². The number of hydrogen-bond donors (Lipinski definition) is 1. The fourth-order valence-corrected chi connectivity index (χ4v) is 6.87. The third-order valence-corrected chi connectivity index (χ3v) is 8.91. The number of nitrogens with one attached hydrogen (secondary N) is 1. The van der Waals surface area contributed by atoms with Gasteiger partial charge >= 0.3 is 0 Å². The Balaban J connectivity index is 1.35. The highest BCUT2D eigenvalue weighted by Crippen LogP contribution is 2.21. The average Bonchev–Trinajstić information content (AvgIpc) is 3.14. The van der Waals surface area contributed by atoms with E-state index in [0.717, 1.165) is 0 Å². The SMILES string of the molecule is O=C(c1ccc(NS(=O)(=O)c2ccccc2)cc1)N1CCN([C@@H]2CCS(=O)(=O)C2)CC1. The summed E-state index contributed by atoms with van der Waals surface area (Å²) in [4.78, 5) is 16.9. The van der Waals surface area contributed by atoms with Gasteiger partial charge in [-0.05, 0) is 42.8 Å². The van der Waals surface area contributed by atoms with Crippen molar-refractivity contribution in [1.82, 2.24) is 9.80 Å². The quantitative estimate of drug-likeness (QED) is 0.720. The zero-order chi connectivity index (χ0) is 22.1. The van der Waals surface area contributed by atoms with E-state index in [9.17, 15) is 21.6 Å². The molecule has 2 aromatic rings. The Hall–Kier alpha value is -2.43. The fraction of sp³-hybridized carbons (Fsp3) is 0.381. The maximum Gasteiger partial charge on any atom is 0.261 e. The summed E-state index contributed by atoms with van der Waals surface area (Å²) in [5.74, 6) is 0.342. The number of sulfonamides is 1. The lowest BCUT2D eigenvalue weighted by Crippen LogP contribution is -2.52. The highest BCUT2D eigenvalue weighted by atomic mass is 32.2. The number of carbonyl (C=O) groups is 1. The van der Waals surface area contributed by atoms with E-state index < -0.39 is 19.9 Å². The van der Waals surface area contributed by atoms with E-state index in [1.54, 1.807) is 47.4 Å². The lowest BCUT2D eigenvalue weighted by molar-refractivity contribution is 0.0588. The smallest absolute Gasteiger partial charge is 0.261 e. The molecule has 10 heteroatoms. The Labute approximate surface area is 182 Å². The summed E-state index contributed by atoms with van der Waals surface area (Å²) in [6.45, 7) is 2.39. The minimum atomic E-state index is -3.68. The van der Waals surface area contributed by atoms with Gasteiger partial charge in [0, 0.05) is 43.5 Å². The van der Waals surface area contributed by atoms with Crippen LogP contribution in [0.15, 0.2) is 59.5 Å².